The third kappa shape index (κ3) is 3.19. The molecule has 4 rings (SSSR count). The van der Waals surface area contributed by atoms with Gasteiger partial charge in [0, 0.05) is 16.6 Å². The number of halogens is 1. The second-order valence-corrected chi connectivity index (χ2v) is 6.43. The molecule has 0 amide bonds. The molecule has 6 heteroatoms. The van der Waals surface area contributed by atoms with Crippen molar-refractivity contribution in [2.45, 2.75) is 0 Å². The summed E-state index contributed by atoms with van der Waals surface area (Å²) in [5, 5.41) is 0. The van der Waals surface area contributed by atoms with Crippen LogP contribution >= 0.6 is 15.9 Å². The Kier molecular flexibility index (Phi) is 4.18. The van der Waals surface area contributed by atoms with Gasteiger partial charge in [-0.15, -0.1) is 0 Å². The van der Waals surface area contributed by atoms with Crippen molar-refractivity contribution in [3.8, 4) is 11.5 Å². The van der Waals surface area contributed by atoms with Gasteiger partial charge < -0.3 is 13.9 Å². The Bertz CT molecular complexity index is 1020. The fourth-order valence-corrected chi connectivity index (χ4v) is 2.75. The zero-order chi connectivity index (χ0) is 18.1. The fourth-order valence-electron chi connectivity index (χ4n) is 2.49. The number of rotatable bonds is 3. The minimum absolute atomic E-state index is 0.159. The molecule has 0 fully saturated rings. The molecule has 1 aromatic heterocycles. The number of ketones is 1. The lowest BCUT2D eigenvalue weighted by Gasteiger charge is -2.05. The van der Waals surface area contributed by atoms with E-state index in [0.717, 1.165) is 4.47 Å². The van der Waals surface area contributed by atoms with Crippen LogP contribution in [-0.4, -0.2) is 11.8 Å². The second kappa shape index (κ2) is 6.65. The van der Waals surface area contributed by atoms with Gasteiger partial charge >= 0.3 is 5.97 Å². The molecule has 128 valence electrons. The number of Topliss-reactive ketones (excluding diaryl/α,β-unsaturated/α-hetero) is 1. The molecule has 1 aliphatic rings. The SMILES string of the molecule is O=C(Oc1ccc2c(c1)O/C(=C\c1ccco1)C2=O)c1ccc(Br)cc1. The molecule has 0 saturated heterocycles. The van der Waals surface area contributed by atoms with E-state index >= 15 is 0 Å². The summed E-state index contributed by atoms with van der Waals surface area (Å²) in [7, 11) is 0. The molecule has 0 saturated carbocycles. The van der Waals surface area contributed by atoms with Gasteiger partial charge in [0.1, 0.15) is 17.3 Å². The molecule has 0 atom stereocenters. The quantitative estimate of drug-likeness (QED) is 0.349. The molecular weight excluding hydrogens is 400 g/mol. The molecule has 0 aliphatic carbocycles. The van der Waals surface area contributed by atoms with Gasteiger partial charge in [0.05, 0.1) is 17.4 Å². The van der Waals surface area contributed by atoms with Crippen LogP contribution in [-0.2, 0) is 0 Å². The van der Waals surface area contributed by atoms with Gasteiger partial charge in [0.2, 0.25) is 5.78 Å². The number of ether oxygens (including phenoxy) is 2. The van der Waals surface area contributed by atoms with E-state index in [2.05, 4.69) is 15.9 Å². The Hall–Kier alpha value is -3.12. The topological polar surface area (TPSA) is 65.7 Å². The first-order valence-electron chi connectivity index (χ1n) is 7.70. The van der Waals surface area contributed by atoms with Crippen LogP contribution in [0.2, 0.25) is 0 Å². The van der Waals surface area contributed by atoms with Gasteiger partial charge in [-0.05, 0) is 48.5 Å². The van der Waals surface area contributed by atoms with Crippen molar-refractivity contribution < 1.29 is 23.5 Å². The van der Waals surface area contributed by atoms with Crippen molar-refractivity contribution in [3.05, 3.63) is 88.0 Å². The number of carbonyl (C=O) groups is 2. The van der Waals surface area contributed by atoms with Crippen molar-refractivity contribution in [2.75, 3.05) is 0 Å². The number of benzene rings is 2. The lowest BCUT2D eigenvalue weighted by molar-refractivity contribution is 0.0734. The highest BCUT2D eigenvalue weighted by Crippen LogP contribution is 2.35. The van der Waals surface area contributed by atoms with Crippen LogP contribution in [0.25, 0.3) is 6.08 Å². The number of fused-ring (bicyclic) bond motifs is 1. The van der Waals surface area contributed by atoms with Gasteiger partial charge in [0.25, 0.3) is 0 Å². The van der Waals surface area contributed by atoms with Crippen LogP contribution in [0, 0.1) is 0 Å². The normalized spacial score (nSPS) is 14.2. The lowest BCUT2D eigenvalue weighted by atomic mass is 10.1. The first kappa shape index (κ1) is 16.4. The summed E-state index contributed by atoms with van der Waals surface area (Å²) in [6.07, 6.45) is 3.04. The Labute approximate surface area is 157 Å². The highest BCUT2D eigenvalue weighted by molar-refractivity contribution is 9.10. The second-order valence-electron chi connectivity index (χ2n) is 5.51. The Morgan fingerprint density at radius 3 is 2.62 bits per heavy atom. The summed E-state index contributed by atoms with van der Waals surface area (Å²) in [6, 6.07) is 14.9. The molecule has 0 spiro atoms. The zero-order valence-corrected chi connectivity index (χ0v) is 14.9. The first-order valence-corrected chi connectivity index (χ1v) is 8.49. The maximum atomic E-state index is 12.4. The monoisotopic (exact) mass is 410 g/mol. The Morgan fingerprint density at radius 1 is 1.08 bits per heavy atom. The molecule has 3 aromatic rings. The van der Waals surface area contributed by atoms with Gasteiger partial charge in [-0.1, -0.05) is 15.9 Å². The number of furan rings is 1. The Balaban J connectivity index is 1.55. The summed E-state index contributed by atoms with van der Waals surface area (Å²) in [4.78, 5) is 24.6. The van der Waals surface area contributed by atoms with E-state index in [0.29, 0.717) is 28.4 Å². The largest absolute Gasteiger partial charge is 0.465 e. The average Bonchev–Trinajstić information content (AvgIpc) is 3.24. The predicted molar refractivity (Wildman–Crippen MR) is 97.2 cm³/mol. The van der Waals surface area contributed by atoms with Crippen LogP contribution < -0.4 is 9.47 Å². The van der Waals surface area contributed by atoms with E-state index in [1.165, 1.54) is 18.4 Å². The van der Waals surface area contributed by atoms with E-state index in [-0.39, 0.29) is 11.5 Å². The predicted octanol–water partition coefficient (Wildman–Crippen LogP) is 4.88. The average molecular weight is 411 g/mol. The van der Waals surface area contributed by atoms with Gasteiger partial charge in [0.15, 0.2) is 5.76 Å². The number of hydrogen-bond acceptors (Lipinski definition) is 5. The highest BCUT2D eigenvalue weighted by Gasteiger charge is 2.28. The van der Waals surface area contributed by atoms with Gasteiger partial charge in [-0.3, -0.25) is 4.79 Å². The maximum Gasteiger partial charge on any atom is 0.343 e. The van der Waals surface area contributed by atoms with Gasteiger partial charge in [-0.25, -0.2) is 4.79 Å². The fraction of sp³-hybridized carbons (Fsp3) is 0. The number of allylic oxidation sites excluding steroid dienone is 1. The molecule has 0 N–H and O–H groups in total. The molecule has 2 heterocycles. The molecular formula is C20H11BrO5. The number of hydrogen-bond donors (Lipinski definition) is 0. The smallest absolute Gasteiger partial charge is 0.343 e. The molecule has 26 heavy (non-hydrogen) atoms. The minimum Gasteiger partial charge on any atom is -0.465 e. The first-order chi connectivity index (χ1) is 12.6. The molecule has 0 radical (unpaired) electrons. The lowest BCUT2D eigenvalue weighted by Crippen LogP contribution is -2.08. The van der Waals surface area contributed by atoms with Crippen molar-refractivity contribution in [1.82, 2.24) is 0 Å². The third-order valence-electron chi connectivity index (χ3n) is 3.75. The third-order valence-corrected chi connectivity index (χ3v) is 4.28. The van der Waals surface area contributed by atoms with E-state index in [4.69, 9.17) is 13.9 Å². The zero-order valence-electron chi connectivity index (χ0n) is 13.3. The molecule has 0 bridgehead atoms. The summed E-state index contributed by atoms with van der Waals surface area (Å²) in [5.74, 6) is 0.572. The number of esters is 1. The number of carbonyl (C=O) groups excluding carboxylic acids is 2. The van der Waals surface area contributed by atoms with Crippen LogP contribution in [0.1, 0.15) is 26.5 Å². The summed E-state index contributed by atoms with van der Waals surface area (Å²) < 4.78 is 17.0. The van der Waals surface area contributed by atoms with E-state index in [9.17, 15) is 9.59 Å². The maximum absolute atomic E-state index is 12.4. The van der Waals surface area contributed by atoms with Crippen LogP contribution in [0.4, 0.5) is 0 Å². The summed E-state index contributed by atoms with van der Waals surface area (Å²) in [5.41, 5.74) is 0.829. The molecule has 5 nitrogen and oxygen atoms in total. The van der Waals surface area contributed by atoms with Crippen molar-refractivity contribution in [1.29, 1.82) is 0 Å². The minimum atomic E-state index is -0.492. The van der Waals surface area contributed by atoms with Crippen LogP contribution in [0.5, 0.6) is 11.5 Å². The van der Waals surface area contributed by atoms with E-state index < -0.39 is 5.97 Å². The van der Waals surface area contributed by atoms with Gasteiger partial charge in [-0.2, -0.15) is 0 Å². The van der Waals surface area contributed by atoms with Crippen LogP contribution in [0.15, 0.2) is 75.5 Å². The summed E-state index contributed by atoms with van der Waals surface area (Å²) in [6.45, 7) is 0. The highest BCUT2D eigenvalue weighted by atomic mass is 79.9. The summed E-state index contributed by atoms with van der Waals surface area (Å²) >= 11 is 3.31. The Morgan fingerprint density at radius 2 is 1.88 bits per heavy atom. The van der Waals surface area contributed by atoms with E-state index in [1.807, 2.05) is 0 Å². The van der Waals surface area contributed by atoms with Crippen molar-refractivity contribution >= 4 is 33.8 Å². The van der Waals surface area contributed by atoms with Crippen LogP contribution in [0.3, 0.4) is 0 Å². The standard InChI is InChI=1S/C20H11BrO5/c21-13-5-3-12(4-6-13)20(23)25-15-7-8-16-17(11-15)26-18(19(16)22)10-14-2-1-9-24-14/h1-11H/b18-10-. The van der Waals surface area contributed by atoms with Crippen molar-refractivity contribution in [3.63, 3.8) is 0 Å². The van der Waals surface area contributed by atoms with E-state index in [1.54, 1.807) is 48.5 Å². The molecule has 1 aliphatic heterocycles. The van der Waals surface area contributed by atoms with Crippen molar-refractivity contribution in [2.24, 2.45) is 0 Å². The molecule has 0 unspecified atom stereocenters. The molecule has 2 aromatic carbocycles.